The molecule has 1 heterocycles. The van der Waals surface area contributed by atoms with E-state index >= 15 is 0 Å². The molecule has 1 aliphatic rings. The van der Waals surface area contributed by atoms with Crippen molar-refractivity contribution in [1.29, 1.82) is 0 Å². The molecule has 134 valence electrons. The largest absolute Gasteiger partial charge is 0.379 e. The van der Waals surface area contributed by atoms with Crippen LogP contribution in [0.2, 0.25) is 5.02 Å². The minimum atomic E-state index is -3.64. The molecule has 5 nitrogen and oxygen atoms in total. The van der Waals surface area contributed by atoms with E-state index in [0.717, 1.165) is 38.4 Å². The molecule has 1 N–H and O–H groups in total. The van der Waals surface area contributed by atoms with Crippen LogP contribution in [0, 0.1) is 6.92 Å². The molecule has 0 aromatic heterocycles. The normalized spacial score (nSPS) is 15.9. The number of ether oxygens (including phenoxy) is 1. The summed E-state index contributed by atoms with van der Waals surface area (Å²) in [6, 6.07) is 12.2. The maximum atomic E-state index is 12.6. The summed E-state index contributed by atoms with van der Waals surface area (Å²) in [5.74, 6) is 0. The molecule has 0 bridgehead atoms. The van der Waals surface area contributed by atoms with Gasteiger partial charge < -0.3 is 4.74 Å². The smallest absolute Gasteiger partial charge is 0.262 e. The van der Waals surface area contributed by atoms with Crippen LogP contribution in [-0.2, 0) is 21.3 Å². The SMILES string of the molecule is Cc1ccccc1S(=O)(=O)Nc1ccc(CN2CCOCC2)c(Cl)c1. The van der Waals surface area contributed by atoms with Gasteiger partial charge in [0.15, 0.2) is 0 Å². The zero-order chi connectivity index (χ0) is 17.9. The Labute approximate surface area is 153 Å². The van der Waals surface area contributed by atoms with Gasteiger partial charge >= 0.3 is 0 Å². The van der Waals surface area contributed by atoms with Crippen LogP contribution in [0.15, 0.2) is 47.4 Å². The predicted octanol–water partition coefficient (Wildman–Crippen LogP) is 3.28. The summed E-state index contributed by atoms with van der Waals surface area (Å²) in [5, 5.41) is 0.552. The van der Waals surface area contributed by atoms with Crippen LogP contribution >= 0.6 is 11.6 Å². The van der Waals surface area contributed by atoms with Crippen molar-refractivity contribution in [3.05, 3.63) is 58.6 Å². The molecule has 3 rings (SSSR count). The van der Waals surface area contributed by atoms with Gasteiger partial charge in [0.1, 0.15) is 0 Å². The minimum Gasteiger partial charge on any atom is -0.379 e. The van der Waals surface area contributed by atoms with Gasteiger partial charge in [-0.2, -0.15) is 0 Å². The van der Waals surface area contributed by atoms with E-state index in [1.54, 1.807) is 37.3 Å². The average Bonchev–Trinajstić information content (AvgIpc) is 2.58. The number of rotatable bonds is 5. The Morgan fingerprint density at radius 3 is 2.56 bits per heavy atom. The van der Waals surface area contributed by atoms with Gasteiger partial charge in [-0.25, -0.2) is 8.42 Å². The molecule has 2 aromatic rings. The van der Waals surface area contributed by atoms with E-state index in [1.807, 2.05) is 12.1 Å². The number of hydrogen-bond acceptors (Lipinski definition) is 4. The highest BCUT2D eigenvalue weighted by atomic mass is 35.5. The van der Waals surface area contributed by atoms with Gasteiger partial charge in [0.25, 0.3) is 10.0 Å². The van der Waals surface area contributed by atoms with Gasteiger partial charge in [-0.1, -0.05) is 35.9 Å². The molecule has 25 heavy (non-hydrogen) atoms. The lowest BCUT2D eigenvalue weighted by atomic mass is 10.2. The number of morpholine rings is 1. The Morgan fingerprint density at radius 1 is 1.16 bits per heavy atom. The number of halogens is 1. The number of aryl methyl sites for hydroxylation is 1. The Bertz CT molecular complexity index is 849. The zero-order valence-corrected chi connectivity index (χ0v) is 15.6. The third kappa shape index (κ3) is 4.52. The van der Waals surface area contributed by atoms with Gasteiger partial charge in [-0.3, -0.25) is 9.62 Å². The second kappa shape index (κ2) is 7.74. The number of anilines is 1. The first-order chi connectivity index (χ1) is 12.0. The molecule has 0 spiro atoms. The van der Waals surface area contributed by atoms with Crippen LogP contribution in [-0.4, -0.2) is 39.6 Å². The molecule has 1 fully saturated rings. The number of benzene rings is 2. The Balaban J connectivity index is 1.75. The van der Waals surface area contributed by atoms with Crippen molar-refractivity contribution in [3.8, 4) is 0 Å². The summed E-state index contributed by atoms with van der Waals surface area (Å²) in [5.41, 5.74) is 2.13. The van der Waals surface area contributed by atoms with Gasteiger partial charge in [0, 0.05) is 24.7 Å². The second-order valence-corrected chi connectivity index (χ2v) is 8.12. The maximum Gasteiger partial charge on any atom is 0.262 e. The van der Waals surface area contributed by atoms with E-state index in [0.29, 0.717) is 16.3 Å². The van der Waals surface area contributed by atoms with Crippen LogP contribution in [0.1, 0.15) is 11.1 Å². The van der Waals surface area contributed by atoms with Crippen molar-refractivity contribution in [2.75, 3.05) is 31.0 Å². The van der Waals surface area contributed by atoms with Crippen LogP contribution < -0.4 is 4.72 Å². The molecule has 2 aromatic carbocycles. The lowest BCUT2D eigenvalue weighted by molar-refractivity contribution is 0.0342. The van der Waals surface area contributed by atoms with Crippen molar-refractivity contribution in [1.82, 2.24) is 4.90 Å². The second-order valence-electron chi connectivity index (χ2n) is 6.07. The number of hydrogen-bond donors (Lipinski definition) is 1. The summed E-state index contributed by atoms with van der Waals surface area (Å²) in [6.45, 7) is 5.70. The maximum absolute atomic E-state index is 12.6. The molecule has 0 saturated carbocycles. The molecule has 0 atom stereocenters. The molecule has 0 aliphatic carbocycles. The quantitative estimate of drug-likeness (QED) is 0.864. The molecule has 0 unspecified atom stereocenters. The average molecular weight is 381 g/mol. The molecule has 1 aliphatic heterocycles. The topological polar surface area (TPSA) is 58.6 Å². The predicted molar refractivity (Wildman–Crippen MR) is 99.5 cm³/mol. The van der Waals surface area contributed by atoms with Gasteiger partial charge in [-0.05, 0) is 36.2 Å². The Hall–Kier alpha value is -1.60. The van der Waals surface area contributed by atoms with Crippen LogP contribution in [0.4, 0.5) is 5.69 Å². The zero-order valence-electron chi connectivity index (χ0n) is 14.0. The minimum absolute atomic E-state index is 0.267. The van der Waals surface area contributed by atoms with E-state index in [4.69, 9.17) is 16.3 Å². The molecule has 0 amide bonds. The lowest BCUT2D eigenvalue weighted by Crippen LogP contribution is -2.35. The van der Waals surface area contributed by atoms with Crippen LogP contribution in [0.25, 0.3) is 0 Å². The summed E-state index contributed by atoms with van der Waals surface area (Å²) < 4.78 is 33.1. The standard InChI is InChI=1S/C18H21ClN2O3S/c1-14-4-2-3-5-18(14)25(22,23)20-16-7-6-15(17(19)12-16)13-21-8-10-24-11-9-21/h2-7,12,20H,8-11,13H2,1H3. The van der Waals surface area contributed by atoms with Crippen LogP contribution in [0.5, 0.6) is 0 Å². The van der Waals surface area contributed by atoms with Gasteiger partial charge in [0.2, 0.25) is 0 Å². The lowest BCUT2D eigenvalue weighted by Gasteiger charge is -2.27. The van der Waals surface area contributed by atoms with Crippen molar-refractivity contribution < 1.29 is 13.2 Å². The van der Waals surface area contributed by atoms with Crippen molar-refractivity contribution in [3.63, 3.8) is 0 Å². The van der Waals surface area contributed by atoms with E-state index in [-0.39, 0.29) is 4.90 Å². The van der Waals surface area contributed by atoms with Gasteiger partial charge in [0.05, 0.1) is 23.8 Å². The fourth-order valence-corrected chi connectivity index (χ4v) is 4.34. The summed E-state index contributed by atoms with van der Waals surface area (Å²) in [6.07, 6.45) is 0. The molecular formula is C18H21ClN2O3S. The molecule has 0 radical (unpaired) electrons. The summed E-state index contributed by atoms with van der Waals surface area (Å²) in [7, 11) is -3.64. The Morgan fingerprint density at radius 2 is 1.88 bits per heavy atom. The molecular weight excluding hydrogens is 360 g/mol. The van der Waals surface area contributed by atoms with Crippen molar-refractivity contribution in [2.24, 2.45) is 0 Å². The van der Waals surface area contributed by atoms with E-state index in [9.17, 15) is 8.42 Å². The van der Waals surface area contributed by atoms with Crippen molar-refractivity contribution in [2.45, 2.75) is 18.4 Å². The monoisotopic (exact) mass is 380 g/mol. The van der Waals surface area contributed by atoms with Crippen LogP contribution in [0.3, 0.4) is 0 Å². The number of nitrogens with one attached hydrogen (secondary N) is 1. The van der Waals surface area contributed by atoms with Gasteiger partial charge in [-0.15, -0.1) is 0 Å². The Kier molecular flexibility index (Phi) is 5.64. The first-order valence-corrected chi connectivity index (χ1v) is 9.99. The number of sulfonamides is 1. The fourth-order valence-electron chi connectivity index (χ4n) is 2.81. The summed E-state index contributed by atoms with van der Waals surface area (Å²) >= 11 is 6.36. The first-order valence-electron chi connectivity index (χ1n) is 8.13. The highest BCUT2D eigenvalue weighted by Crippen LogP contribution is 2.25. The van der Waals surface area contributed by atoms with E-state index in [2.05, 4.69) is 9.62 Å². The first kappa shape index (κ1) is 18.2. The highest BCUT2D eigenvalue weighted by Gasteiger charge is 2.17. The highest BCUT2D eigenvalue weighted by molar-refractivity contribution is 7.92. The van der Waals surface area contributed by atoms with E-state index < -0.39 is 10.0 Å². The summed E-state index contributed by atoms with van der Waals surface area (Å²) in [4.78, 5) is 2.53. The third-order valence-electron chi connectivity index (χ3n) is 4.19. The molecule has 7 heteroatoms. The number of nitrogens with zero attached hydrogens (tertiary/aromatic N) is 1. The molecule has 1 saturated heterocycles. The third-order valence-corrected chi connectivity index (χ3v) is 6.08. The van der Waals surface area contributed by atoms with E-state index in [1.165, 1.54) is 0 Å². The fraction of sp³-hybridized carbons (Fsp3) is 0.333. The van der Waals surface area contributed by atoms with Crippen molar-refractivity contribution >= 4 is 27.3 Å².